The van der Waals surface area contributed by atoms with Gasteiger partial charge in [0, 0.05) is 25.3 Å². The molecule has 0 fully saturated rings. The molecule has 2 aromatic rings. The van der Waals surface area contributed by atoms with Crippen LogP contribution in [-0.2, 0) is 21.2 Å². The lowest BCUT2D eigenvalue weighted by molar-refractivity contribution is -0.119. The summed E-state index contributed by atoms with van der Waals surface area (Å²) in [7, 11) is -3.57. The van der Waals surface area contributed by atoms with Crippen LogP contribution in [-0.4, -0.2) is 46.8 Å². The number of benzene rings is 2. The van der Waals surface area contributed by atoms with Crippen LogP contribution in [0.1, 0.15) is 29.5 Å². The second kappa shape index (κ2) is 9.51. The lowest BCUT2D eigenvalue weighted by Gasteiger charge is -2.31. The highest BCUT2D eigenvalue weighted by Crippen LogP contribution is 2.26. The third kappa shape index (κ3) is 5.53. The molecule has 1 heterocycles. The SMILES string of the molecule is Cc1ccc(N(CC(=O)NCCCN2CCCc3ccccc32)S(C)(=O)=O)c(C)c1. The van der Waals surface area contributed by atoms with Crippen LogP contribution < -0.4 is 14.5 Å². The van der Waals surface area contributed by atoms with Crippen molar-refractivity contribution >= 4 is 27.3 Å². The number of para-hydroxylation sites is 1. The zero-order valence-electron chi connectivity index (χ0n) is 18.0. The minimum Gasteiger partial charge on any atom is -0.371 e. The van der Waals surface area contributed by atoms with Crippen molar-refractivity contribution in [1.82, 2.24) is 5.32 Å². The van der Waals surface area contributed by atoms with E-state index in [0.29, 0.717) is 12.2 Å². The Bertz CT molecular complexity index is 1000. The van der Waals surface area contributed by atoms with E-state index >= 15 is 0 Å². The van der Waals surface area contributed by atoms with E-state index in [0.717, 1.165) is 49.7 Å². The Hall–Kier alpha value is -2.54. The molecule has 2 aromatic carbocycles. The van der Waals surface area contributed by atoms with Crippen molar-refractivity contribution < 1.29 is 13.2 Å². The van der Waals surface area contributed by atoms with Gasteiger partial charge in [0.05, 0.1) is 11.9 Å². The smallest absolute Gasteiger partial charge is 0.240 e. The molecule has 0 radical (unpaired) electrons. The standard InChI is InChI=1S/C23H31N3O3S/c1-18-11-12-21(19(2)16-18)26(30(3,28)29)17-23(27)24-13-7-15-25-14-6-9-20-8-4-5-10-22(20)25/h4-5,8,10-12,16H,6-7,9,13-15,17H2,1-3H3,(H,24,27). The molecule has 0 spiro atoms. The Balaban J connectivity index is 1.54. The zero-order chi connectivity index (χ0) is 21.7. The zero-order valence-corrected chi connectivity index (χ0v) is 18.8. The van der Waals surface area contributed by atoms with Gasteiger partial charge in [-0.1, -0.05) is 35.9 Å². The molecule has 30 heavy (non-hydrogen) atoms. The summed E-state index contributed by atoms with van der Waals surface area (Å²) in [5.41, 5.74) is 5.09. The first-order chi connectivity index (χ1) is 14.3. The van der Waals surface area contributed by atoms with Crippen molar-refractivity contribution in [2.24, 2.45) is 0 Å². The summed E-state index contributed by atoms with van der Waals surface area (Å²) in [5.74, 6) is -0.292. The van der Waals surface area contributed by atoms with Crippen LogP contribution in [0.25, 0.3) is 0 Å². The van der Waals surface area contributed by atoms with Crippen LogP contribution in [0.5, 0.6) is 0 Å². The lowest BCUT2D eigenvalue weighted by atomic mass is 10.0. The molecule has 3 rings (SSSR count). The first kappa shape index (κ1) is 22.2. The minimum atomic E-state index is -3.57. The van der Waals surface area contributed by atoms with Crippen LogP contribution in [0.4, 0.5) is 11.4 Å². The van der Waals surface area contributed by atoms with Gasteiger partial charge in [-0.3, -0.25) is 9.10 Å². The molecule has 0 aliphatic carbocycles. The van der Waals surface area contributed by atoms with Gasteiger partial charge in [-0.15, -0.1) is 0 Å². The average molecular weight is 430 g/mol. The van der Waals surface area contributed by atoms with E-state index in [1.54, 1.807) is 6.07 Å². The number of sulfonamides is 1. The number of rotatable bonds is 8. The van der Waals surface area contributed by atoms with E-state index in [4.69, 9.17) is 0 Å². The Labute approximate surface area is 179 Å². The predicted molar refractivity (Wildman–Crippen MR) is 123 cm³/mol. The summed E-state index contributed by atoms with van der Waals surface area (Å²) in [6.07, 6.45) is 4.20. The maximum atomic E-state index is 12.5. The molecule has 1 aliphatic heterocycles. The first-order valence-corrected chi connectivity index (χ1v) is 12.2. The van der Waals surface area contributed by atoms with E-state index in [-0.39, 0.29) is 12.5 Å². The van der Waals surface area contributed by atoms with Crippen molar-refractivity contribution in [3.8, 4) is 0 Å². The average Bonchev–Trinajstić information content (AvgIpc) is 2.69. The van der Waals surface area contributed by atoms with Crippen LogP contribution in [0, 0.1) is 13.8 Å². The number of hydrogen-bond donors (Lipinski definition) is 1. The van der Waals surface area contributed by atoms with Crippen molar-refractivity contribution in [3.63, 3.8) is 0 Å². The molecule has 1 N–H and O–H groups in total. The molecule has 0 unspecified atom stereocenters. The maximum absolute atomic E-state index is 12.5. The number of nitrogens with zero attached hydrogens (tertiary/aromatic N) is 2. The number of aryl methyl sites for hydroxylation is 3. The van der Waals surface area contributed by atoms with E-state index in [1.807, 2.05) is 26.0 Å². The first-order valence-electron chi connectivity index (χ1n) is 10.4. The van der Waals surface area contributed by atoms with Gasteiger partial charge in [0.1, 0.15) is 6.54 Å². The largest absolute Gasteiger partial charge is 0.371 e. The number of carbonyl (C=O) groups excluding carboxylic acids is 1. The molecule has 162 valence electrons. The highest BCUT2D eigenvalue weighted by Gasteiger charge is 2.22. The normalized spacial score (nSPS) is 13.6. The van der Waals surface area contributed by atoms with E-state index < -0.39 is 10.0 Å². The molecule has 0 saturated carbocycles. The second-order valence-electron chi connectivity index (χ2n) is 7.98. The summed E-state index contributed by atoms with van der Waals surface area (Å²) in [6, 6.07) is 14.0. The van der Waals surface area contributed by atoms with Gasteiger partial charge in [-0.2, -0.15) is 0 Å². The van der Waals surface area contributed by atoms with Gasteiger partial charge in [-0.25, -0.2) is 8.42 Å². The number of nitrogens with one attached hydrogen (secondary N) is 1. The Morgan fingerprint density at radius 1 is 1.17 bits per heavy atom. The van der Waals surface area contributed by atoms with Crippen molar-refractivity contribution in [2.45, 2.75) is 33.1 Å². The summed E-state index contributed by atoms with van der Waals surface area (Å²) in [6.45, 7) is 6.00. The third-order valence-electron chi connectivity index (χ3n) is 5.44. The van der Waals surface area contributed by atoms with Crippen LogP contribution >= 0.6 is 0 Å². The summed E-state index contributed by atoms with van der Waals surface area (Å²) >= 11 is 0. The molecule has 7 heteroatoms. The minimum absolute atomic E-state index is 0.213. The Kier molecular flexibility index (Phi) is 7.02. The maximum Gasteiger partial charge on any atom is 0.240 e. The Morgan fingerprint density at radius 3 is 2.67 bits per heavy atom. The molecule has 0 saturated heterocycles. The number of amides is 1. The van der Waals surface area contributed by atoms with E-state index in [2.05, 4.69) is 34.5 Å². The second-order valence-corrected chi connectivity index (χ2v) is 9.89. The quantitative estimate of drug-likeness (QED) is 0.655. The summed E-state index contributed by atoms with van der Waals surface area (Å²) in [5, 5.41) is 2.88. The van der Waals surface area contributed by atoms with Crippen molar-refractivity contribution in [2.75, 3.05) is 41.6 Å². The van der Waals surface area contributed by atoms with Gasteiger partial charge >= 0.3 is 0 Å². The highest BCUT2D eigenvalue weighted by molar-refractivity contribution is 7.92. The fourth-order valence-corrected chi connectivity index (χ4v) is 4.91. The number of fused-ring (bicyclic) bond motifs is 1. The van der Waals surface area contributed by atoms with E-state index in [1.165, 1.54) is 15.6 Å². The molecule has 6 nitrogen and oxygen atoms in total. The lowest BCUT2D eigenvalue weighted by Crippen LogP contribution is -2.41. The predicted octanol–water partition coefficient (Wildman–Crippen LogP) is 3.03. The van der Waals surface area contributed by atoms with Gasteiger partial charge in [0.2, 0.25) is 15.9 Å². The number of carbonyl (C=O) groups is 1. The fourth-order valence-electron chi connectivity index (χ4n) is 3.99. The summed E-state index contributed by atoms with van der Waals surface area (Å²) < 4.78 is 25.8. The van der Waals surface area contributed by atoms with Gasteiger partial charge < -0.3 is 10.2 Å². The molecule has 1 aliphatic rings. The molecule has 1 amide bonds. The molecular weight excluding hydrogens is 398 g/mol. The van der Waals surface area contributed by atoms with Crippen molar-refractivity contribution in [1.29, 1.82) is 0 Å². The number of anilines is 2. The van der Waals surface area contributed by atoms with E-state index in [9.17, 15) is 13.2 Å². The molecule has 0 bridgehead atoms. The molecular formula is C23H31N3O3S. The van der Waals surface area contributed by atoms with Gasteiger partial charge in [0.25, 0.3) is 0 Å². The topological polar surface area (TPSA) is 69.7 Å². The molecule has 0 aromatic heterocycles. The van der Waals surface area contributed by atoms with Crippen molar-refractivity contribution in [3.05, 3.63) is 59.2 Å². The third-order valence-corrected chi connectivity index (χ3v) is 6.57. The molecule has 0 atom stereocenters. The highest BCUT2D eigenvalue weighted by atomic mass is 32.2. The summed E-state index contributed by atoms with van der Waals surface area (Å²) in [4.78, 5) is 14.8. The fraction of sp³-hybridized carbons (Fsp3) is 0.435. The van der Waals surface area contributed by atoms with Gasteiger partial charge in [-0.05, 0) is 56.4 Å². The monoisotopic (exact) mass is 429 g/mol. The van der Waals surface area contributed by atoms with Crippen LogP contribution in [0.3, 0.4) is 0 Å². The van der Waals surface area contributed by atoms with Crippen LogP contribution in [0.15, 0.2) is 42.5 Å². The Morgan fingerprint density at radius 2 is 1.93 bits per heavy atom. The van der Waals surface area contributed by atoms with Gasteiger partial charge in [0.15, 0.2) is 0 Å². The number of hydrogen-bond acceptors (Lipinski definition) is 4. The van der Waals surface area contributed by atoms with Crippen LogP contribution in [0.2, 0.25) is 0 Å².